The Morgan fingerprint density at radius 2 is 2.04 bits per heavy atom. The molecule has 122 valence electrons. The van der Waals surface area contributed by atoms with E-state index < -0.39 is 17.9 Å². The fourth-order valence-corrected chi connectivity index (χ4v) is 1.75. The summed E-state index contributed by atoms with van der Waals surface area (Å²) in [5, 5.41) is 15.5. The molecule has 0 aromatic carbocycles. The molecule has 2 aromatic heterocycles. The van der Waals surface area contributed by atoms with Gasteiger partial charge in [-0.05, 0) is 19.1 Å². The summed E-state index contributed by atoms with van der Waals surface area (Å²) in [5.74, 6) is -0.807. The molecule has 0 aliphatic rings. The van der Waals surface area contributed by atoms with Crippen LogP contribution in [0, 0.1) is 0 Å². The van der Waals surface area contributed by atoms with Crippen molar-refractivity contribution >= 4 is 11.9 Å². The van der Waals surface area contributed by atoms with Gasteiger partial charge in [0.2, 0.25) is 5.89 Å². The molecule has 2 N–H and O–H groups in total. The highest BCUT2D eigenvalue weighted by atomic mass is 16.5. The number of aromatic nitrogens is 3. The van der Waals surface area contributed by atoms with Crippen LogP contribution in [-0.2, 0) is 5.41 Å². The number of hydrogen-bond acceptors (Lipinski definition) is 6. The zero-order valence-electron chi connectivity index (χ0n) is 13.3. The first-order valence-corrected chi connectivity index (χ1v) is 7.03. The molecule has 0 bridgehead atoms. The van der Waals surface area contributed by atoms with Crippen LogP contribution in [0.15, 0.2) is 22.9 Å². The zero-order valence-corrected chi connectivity index (χ0v) is 13.3. The van der Waals surface area contributed by atoms with Gasteiger partial charge in [-0.25, -0.2) is 9.78 Å². The van der Waals surface area contributed by atoms with E-state index >= 15 is 0 Å². The van der Waals surface area contributed by atoms with E-state index in [0.29, 0.717) is 5.82 Å². The summed E-state index contributed by atoms with van der Waals surface area (Å²) in [6.45, 7) is 7.57. The summed E-state index contributed by atoms with van der Waals surface area (Å²) in [5.41, 5.74) is -0.259. The van der Waals surface area contributed by atoms with Gasteiger partial charge < -0.3 is 14.9 Å². The molecule has 8 nitrogen and oxygen atoms in total. The second-order valence-corrected chi connectivity index (χ2v) is 6.14. The van der Waals surface area contributed by atoms with Gasteiger partial charge in [0.05, 0.1) is 0 Å². The van der Waals surface area contributed by atoms with Gasteiger partial charge in [0.25, 0.3) is 5.91 Å². The quantitative estimate of drug-likeness (QED) is 0.884. The van der Waals surface area contributed by atoms with Crippen molar-refractivity contribution in [1.82, 2.24) is 20.4 Å². The van der Waals surface area contributed by atoms with Gasteiger partial charge in [-0.15, -0.1) is 0 Å². The smallest absolute Gasteiger partial charge is 0.354 e. The largest absolute Gasteiger partial charge is 0.477 e. The summed E-state index contributed by atoms with van der Waals surface area (Å²) in [4.78, 5) is 31.0. The molecule has 0 saturated heterocycles. The van der Waals surface area contributed by atoms with Gasteiger partial charge in [0.1, 0.15) is 11.7 Å². The topological polar surface area (TPSA) is 118 Å². The Kier molecular flexibility index (Phi) is 4.44. The molecule has 0 saturated carbocycles. The molecule has 2 heterocycles. The monoisotopic (exact) mass is 318 g/mol. The van der Waals surface area contributed by atoms with E-state index in [2.05, 4.69) is 20.4 Å². The normalized spacial score (nSPS) is 12.7. The Balaban J connectivity index is 2.12. The van der Waals surface area contributed by atoms with Crippen molar-refractivity contribution in [1.29, 1.82) is 0 Å². The minimum atomic E-state index is -1.19. The summed E-state index contributed by atoms with van der Waals surface area (Å²) >= 11 is 0. The van der Waals surface area contributed by atoms with Crippen LogP contribution >= 0.6 is 0 Å². The second-order valence-electron chi connectivity index (χ2n) is 6.14. The predicted molar refractivity (Wildman–Crippen MR) is 80.1 cm³/mol. The fourth-order valence-electron chi connectivity index (χ4n) is 1.75. The third-order valence-electron chi connectivity index (χ3n) is 3.07. The molecule has 1 atom stereocenters. The van der Waals surface area contributed by atoms with E-state index in [4.69, 9.17) is 9.63 Å². The van der Waals surface area contributed by atoms with E-state index in [1.807, 2.05) is 20.8 Å². The van der Waals surface area contributed by atoms with Crippen molar-refractivity contribution in [2.45, 2.75) is 39.2 Å². The van der Waals surface area contributed by atoms with Crippen LogP contribution < -0.4 is 5.32 Å². The van der Waals surface area contributed by atoms with Crippen LogP contribution in [0.2, 0.25) is 0 Å². The van der Waals surface area contributed by atoms with Gasteiger partial charge in [0, 0.05) is 17.2 Å². The molecule has 0 aliphatic carbocycles. The molecule has 0 radical (unpaired) electrons. The molecule has 8 heteroatoms. The predicted octanol–water partition coefficient (Wildman–Crippen LogP) is 1.95. The van der Waals surface area contributed by atoms with Crippen molar-refractivity contribution in [2.75, 3.05) is 0 Å². The molecule has 0 fully saturated rings. The highest BCUT2D eigenvalue weighted by Crippen LogP contribution is 2.20. The van der Waals surface area contributed by atoms with E-state index in [-0.39, 0.29) is 22.6 Å². The standard InChI is InChI=1S/C15H18N4O4/c1-8(12-18-14(19-23-12)15(2,3)4)17-11(20)9-5-6-16-10(7-9)13(21)22/h5-8H,1-4H3,(H,17,20)(H,21,22)/t8-/m0/s1. The maximum absolute atomic E-state index is 12.2. The number of pyridine rings is 1. The van der Waals surface area contributed by atoms with Crippen LogP contribution in [0.5, 0.6) is 0 Å². The first-order valence-electron chi connectivity index (χ1n) is 7.03. The average molecular weight is 318 g/mol. The number of amides is 1. The van der Waals surface area contributed by atoms with Crippen molar-refractivity contribution in [3.05, 3.63) is 41.3 Å². The summed E-state index contributed by atoms with van der Waals surface area (Å²) < 4.78 is 5.17. The highest BCUT2D eigenvalue weighted by Gasteiger charge is 2.24. The fraction of sp³-hybridized carbons (Fsp3) is 0.400. The van der Waals surface area contributed by atoms with Crippen LogP contribution in [-0.4, -0.2) is 32.1 Å². The van der Waals surface area contributed by atoms with Crippen LogP contribution in [0.1, 0.15) is 66.3 Å². The number of nitrogens with one attached hydrogen (secondary N) is 1. The summed E-state index contributed by atoms with van der Waals surface area (Å²) in [6, 6.07) is 2.13. The molecule has 2 rings (SSSR count). The second kappa shape index (κ2) is 6.15. The Hall–Kier alpha value is -2.77. The van der Waals surface area contributed by atoms with Gasteiger partial charge in [-0.3, -0.25) is 4.79 Å². The molecular formula is C15H18N4O4. The Labute approximate surface area is 132 Å². The first kappa shape index (κ1) is 16.6. The van der Waals surface area contributed by atoms with E-state index in [1.54, 1.807) is 6.92 Å². The van der Waals surface area contributed by atoms with Gasteiger partial charge in [-0.2, -0.15) is 4.98 Å². The minimum absolute atomic E-state index is 0.194. The van der Waals surface area contributed by atoms with E-state index in [0.717, 1.165) is 0 Å². The zero-order chi connectivity index (χ0) is 17.2. The summed E-state index contributed by atoms with van der Waals surface area (Å²) in [7, 11) is 0. The van der Waals surface area contributed by atoms with Crippen LogP contribution in [0.25, 0.3) is 0 Å². The molecule has 1 amide bonds. The third kappa shape index (κ3) is 3.91. The maximum atomic E-state index is 12.2. The van der Waals surface area contributed by atoms with E-state index in [1.165, 1.54) is 18.3 Å². The number of aromatic carboxylic acids is 1. The minimum Gasteiger partial charge on any atom is -0.477 e. The van der Waals surface area contributed by atoms with E-state index in [9.17, 15) is 9.59 Å². The van der Waals surface area contributed by atoms with Crippen LogP contribution in [0.4, 0.5) is 0 Å². The van der Waals surface area contributed by atoms with Crippen molar-refractivity contribution in [2.24, 2.45) is 0 Å². The van der Waals surface area contributed by atoms with Crippen molar-refractivity contribution < 1.29 is 19.2 Å². The lowest BCUT2D eigenvalue weighted by atomic mass is 9.96. The SMILES string of the molecule is C[C@H](NC(=O)c1ccnc(C(=O)O)c1)c1nc(C(C)(C)C)no1. The number of carboxylic acids is 1. The lowest BCUT2D eigenvalue weighted by Gasteiger charge is -2.12. The first-order chi connectivity index (χ1) is 10.7. The lowest BCUT2D eigenvalue weighted by molar-refractivity contribution is 0.0690. The maximum Gasteiger partial charge on any atom is 0.354 e. The number of carboxylic acid groups (broad SMARTS) is 1. The molecular weight excluding hydrogens is 300 g/mol. The van der Waals surface area contributed by atoms with Crippen molar-refractivity contribution in [3.63, 3.8) is 0 Å². The number of carbonyl (C=O) groups is 2. The number of nitrogens with zero attached hydrogens (tertiary/aromatic N) is 3. The number of carbonyl (C=O) groups excluding carboxylic acids is 1. The number of rotatable bonds is 4. The summed E-state index contributed by atoms with van der Waals surface area (Å²) in [6.07, 6.45) is 1.27. The van der Waals surface area contributed by atoms with Crippen LogP contribution in [0.3, 0.4) is 0 Å². The lowest BCUT2D eigenvalue weighted by Crippen LogP contribution is -2.27. The van der Waals surface area contributed by atoms with Gasteiger partial charge in [0.15, 0.2) is 5.82 Å². The number of hydrogen-bond donors (Lipinski definition) is 2. The molecule has 0 unspecified atom stereocenters. The Morgan fingerprint density at radius 3 is 2.61 bits per heavy atom. The average Bonchev–Trinajstić information content (AvgIpc) is 2.97. The molecule has 23 heavy (non-hydrogen) atoms. The van der Waals surface area contributed by atoms with Gasteiger partial charge >= 0.3 is 5.97 Å². The molecule has 0 spiro atoms. The highest BCUT2D eigenvalue weighted by molar-refractivity contribution is 5.96. The van der Waals surface area contributed by atoms with Crippen molar-refractivity contribution in [3.8, 4) is 0 Å². The Morgan fingerprint density at radius 1 is 1.35 bits per heavy atom. The molecule has 2 aromatic rings. The third-order valence-corrected chi connectivity index (χ3v) is 3.07. The van der Waals surface area contributed by atoms with Gasteiger partial charge in [-0.1, -0.05) is 25.9 Å². The Bertz CT molecular complexity index is 733. The molecule has 0 aliphatic heterocycles.